The van der Waals surface area contributed by atoms with Crippen molar-refractivity contribution in [2.75, 3.05) is 10.6 Å². The van der Waals surface area contributed by atoms with E-state index in [4.69, 9.17) is 16.6 Å². The van der Waals surface area contributed by atoms with Crippen LogP contribution in [0.3, 0.4) is 0 Å². The highest BCUT2D eigenvalue weighted by molar-refractivity contribution is 6.30. The molecule has 1 aliphatic rings. The van der Waals surface area contributed by atoms with Crippen LogP contribution in [0.15, 0.2) is 64.4 Å². The van der Waals surface area contributed by atoms with Gasteiger partial charge in [0.05, 0.1) is 0 Å². The summed E-state index contributed by atoms with van der Waals surface area (Å²) in [4.78, 5) is 21.8. The molecule has 0 amide bonds. The summed E-state index contributed by atoms with van der Waals surface area (Å²) in [5.41, 5.74) is 3.39. The van der Waals surface area contributed by atoms with Crippen LogP contribution in [0.4, 0.5) is 11.6 Å². The summed E-state index contributed by atoms with van der Waals surface area (Å²) in [7, 11) is 0. The van der Waals surface area contributed by atoms with E-state index in [1.165, 1.54) is 16.2 Å². The van der Waals surface area contributed by atoms with Gasteiger partial charge in [0.15, 0.2) is 6.17 Å². The van der Waals surface area contributed by atoms with Crippen LogP contribution in [0.2, 0.25) is 5.02 Å². The molecule has 2 N–H and O–H groups in total. The van der Waals surface area contributed by atoms with Crippen LogP contribution in [0.5, 0.6) is 0 Å². The standard InChI is InChI=1S/C20H18ClN5O/c1-12-3-9-16(10-4-12)23-19-24-18(14-5-7-15(21)8-6-14)26-17(27)11-13(2)22-20(26)25-19/h3-11,18H,1-2H3,(H2,22,23,24,25)/t18-/m1/s1. The van der Waals surface area contributed by atoms with Gasteiger partial charge < -0.3 is 5.32 Å². The Balaban J connectivity index is 1.78. The second-order valence-electron chi connectivity index (χ2n) is 6.45. The smallest absolute Gasteiger partial charge is 0.257 e. The Hall–Kier alpha value is -3.12. The van der Waals surface area contributed by atoms with E-state index in [1.54, 1.807) is 19.1 Å². The molecule has 3 aromatic rings. The van der Waals surface area contributed by atoms with E-state index >= 15 is 0 Å². The summed E-state index contributed by atoms with van der Waals surface area (Å²) >= 11 is 6.01. The lowest BCUT2D eigenvalue weighted by molar-refractivity contribution is 0.577. The number of aromatic nitrogens is 2. The van der Waals surface area contributed by atoms with Crippen molar-refractivity contribution in [1.29, 1.82) is 0 Å². The highest BCUT2D eigenvalue weighted by Crippen LogP contribution is 2.26. The molecule has 2 aromatic carbocycles. The second-order valence-corrected chi connectivity index (χ2v) is 6.88. The van der Waals surface area contributed by atoms with Crippen molar-refractivity contribution in [3.05, 3.63) is 86.8 Å². The average Bonchev–Trinajstić information content (AvgIpc) is 2.63. The third kappa shape index (κ3) is 3.57. The van der Waals surface area contributed by atoms with Gasteiger partial charge in [0.2, 0.25) is 11.9 Å². The predicted octanol–water partition coefficient (Wildman–Crippen LogP) is 3.95. The molecule has 1 aliphatic heterocycles. The quantitative estimate of drug-likeness (QED) is 0.707. The van der Waals surface area contributed by atoms with Gasteiger partial charge in [-0.2, -0.15) is 0 Å². The highest BCUT2D eigenvalue weighted by atomic mass is 35.5. The van der Waals surface area contributed by atoms with Crippen molar-refractivity contribution < 1.29 is 0 Å². The first-order chi connectivity index (χ1) is 13.0. The van der Waals surface area contributed by atoms with Crippen LogP contribution in [-0.4, -0.2) is 15.5 Å². The molecule has 4 rings (SSSR count). The van der Waals surface area contributed by atoms with Crippen molar-refractivity contribution >= 4 is 29.2 Å². The Morgan fingerprint density at radius 3 is 2.48 bits per heavy atom. The molecule has 1 atom stereocenters. The monoisotopic (exact) mass is 379 g/mol. The number of fused-ring (bicyclic) bond motifs is 1. The SMILES string of the molecule is Cc1ccc(NC2=N[C@@H](c3ccc(Cl)cc3)n3c(nc(C)cc3=O)N2)cc1. The molecule has 2 heterocycles. The molecule has 0 saturated heterocycles. The minimum Gasteiger partial charge on any atom is -0.326 e. The molecule has 0 aliphatic carbocycles. The van der Waals surface area contributed by atoms with Gasteiger partial charge in [0.1, 0.15) is 0 Å². The number of aliphatic imine (C=N–C) groups is 1. The molecule has 1 aromatic heterocycles. The Bertz CT molecular complexity index is 1070. The second kappa shape index (κ2) is 6.89. The fourth-order valence-electron chi connectivity index (χ4n) is 2.94. The average molecular weight is 380 g/mol. The molecule has 0 radical (unpaired) electrons. The number of anilines is 2. The van der Waals surface area contributed by atoms with Crippen molar-refractivity contribution in [3.8, 4) is 0 Å². The van der Waals surface area contributed by atoms with Gasteiger partial charge in [0.25, 0.3) is 5.56 Å². The number of rotatable bonds is 2. The van der Waals surface area contributed by atoms with E-state index in [0.717, 1.165) is 11.3 Å². The van der Waals surface area contributed by atoms with Gasteiger partial charge in [0, 0.05) is 22.5 Å². The topological polar surface area (TPSA) is 71.3 Å². The van der Waals surface area contributed by atoms with E-state index in [1.807, 2.05) is 43.3 Å². The van der Waals surface area contributed by atoms with E-state index in [2.05, 4.69) is 15.6 Å². The third-order valence-corrected chi connectivity index (χ3v) is 4.54. The van der Waals surface area contributed by atoms with Crippen LogP contribution in [0.1, 0.15) is 23.0 Å². The largest absolute Gasteiger partial charge is 0.326 e. The summed E-state index contributed by atoms with van der Waals surface area (Å²) in [6, 6.07) is 16.8. The Labute approximate surface area is 161 Å². The summed E-state index contributed by atoms with van der Waals surface area (Å²) in [6.07, 6.45) is -0.535. The lowest BCUT2D eigenvalue weighted by Gasteiger charge is -2.27. The molecule has 27 heavy (non-hydrogen) atoms. The Morgan fingerprint density at radius 2 is 1.78 bits per heavy atom. The predicted molar refractivity (Wildman–Crippen MR) is 109 cm³/mol. The minimum atomic E-state index is -0.535. The molecule has 0 bridgehead atoms. The summed E-state index contributed by atoms with van der Waals surface area (Å²) in [5.74, 6) is 0.973. The number of hydrogen-bond acceptors (Lipinski definition) is 5. The van der Waals surface area contributed by atoms with Gasteiger partial charge in [-0.25, -0.2) is 9.98 Å². The van der Waals surface area contributed by atoms with Crippen molar-refractivity contribution in [1.82, 2.24) is 9.55 Å². The van der Waals surface area contributed by atoms with Crippen LogP contribution in [-0.2, 0) is 0 Å². The van der Waals surface area contributed by atoms with Gasteiger partial charge in [-0.3, -0.25) is 14.7 Å². The molecule has 0 spiro atoms. The molecule has 136 valence electrons. The molecule has 0 fully saturated rings. The zero-order chi connectivity index (χ0) is 19.0. The number of nitrogens with one attached hydrogen (secondary N) is 2. The highest BCUT2D eigenvalue weighted by Gasteiger charge is 2.25. The molecular weight excluding hydrogens is 362 g/mol. The molecular formula is C20H18ClN5O. The van der Waals surface area contributed by atoms with Gasteiger partial charge in [-0.15, -0.1) is 0 Å². The third-order valence-electron chi connectivity index (χ3n) is 4.29. The number of nitrogens with zero attached hydrogens (tertiary/aromatic N) is 3. The maximum atomic E-state index is 12.6. The Morgan fingerprint density at radius 1 is 1.07 bits per heavy atom. The summed E-state index contributed by atoms with van der Waals surface area (Å²) < 4.78 is 1.54. The van der Waals surface area contributed by atoms with Gasteiger partial charge >= 0.3 is 0 Å². The number of halogens is 1. The zero-order valence-corrected chi connectivity index (χ0v) is 15.7. The van der Waals surface area contributed by atoms with E-state index < -0.39 is 6.17 Å². The first-order valence-corrected chi connectivity index (χ1v) is 8.91. The summed E-state index contributed by atoms with van der Waals surface area (Å²) in [6.45, 7) is 3.83. The van der Waals surface area contributed by atoms with Gasteiger partial charge in [-0.1, -0.05) is 41.4 Å². The number of benzene rings is 2. The molecule has 0 unspecified atom stereocenters. The van der Waals surface area contributed by atoms with E-state index in [0.29, 0.717) is 22.6 Å². The maximum Gasteiger partial charge on any atom is 0.257 e. The zero-order valence-electron chi connectivity index (χ0n) is 14.9. The van der Waals surface area contributed by atoms with Crippen LogP contribution >= 0.6 is 11.6 Å². The van der Waals surface area contributed by atoms with Gasteiger partial charge in [-0.05, 0) is 43.7 Å². The summed E-state index contributed by atoms with van der Waals surface area (Å²) in [5, 5.41) is 7.00. The molecule has 0 saturated carbocycles. The first kappa shape index (κ1) is 17.3. The molecule has 7 heteroatoms. The molecule has 6 nitrogen and oxygen atoms in total. The first-order valence-electron chi connectivity index (χ1n) is 8.54. The number of hydrogen-bond donors (Lipinski definition) is 2. The number of guanidine groups is 1. The van der Waals surface area contributed by atoms with Crippen LogP contribution < -0.4 is 16.2 Å². The maximum absolute atomic E-state index is 12.6. The van der Waals surface area contributed by atoms with Crippen molar-refractivity contribution in [3.63, 3.8) is 0 Å². The van der Waals surface area contributed by atoms with Crippen LogP contribution in [0, 0.1) is 13.8 Å². The normalized spacial score (nSPS) is 15.5. The van der Waals surface area contributed by atoms with Crippen LogP contribution in [0.25, 0.3) is 0 Å². The van der Waals surface area contributed by atoms with Crippen molar-refractivity contribution in [2.24, 2.45) is 4.99 Å². The minimum absolute atomic E-state index is 0.164. The lowest BCUT2D eigenvalue weighted by atomic mass is 10.1. The fourth-order valence-corrected chi connectivity index (χ4v) is 3.07. The lowest BCUT2D eigenvalue weighted by Crippen LogP contribution is -2.37. The fraction of sp³-hybridized carbons (Fsp3) is 0.150. The van der Waals surface area contributed by atoms with E-state index in [-0.39, 0.29) is 5.56 Å². The van der Waals surface area contributed by atoms with E-state index in [9.17, 15) is 4.79 Å². The Kier molecular flexibility index (Phi) is 4.41. The number of aryl methyl sites for hydroxylation is 2. The van der Waals surface area contributed by atoms with Crippen molar-refractivity contribution in [2.45, 2.75) is 20.0 Å².